The van der Waals surface area contributed by atoms with Gasteiger partial charge in [0.05, 0.1) is 5.69 Å². The molecule has 1 aromatic rings. The van der Waals surface area contributed by atoms with Crippen molar-refractivity contribution in [2.45, 2.75) is 33.4 Å². The third-order valence-corrected chi connectivity index (χ3v) is 4.06. The van der Waals surface area contributed by atoms with Crippen molar-refractivity contribution >= 4 is 0 Å². The lowest BCUT2D eigenvalue weighted by Gasteiger charge is -2.39. The number of nitrogens with zero attached hydrogens (tertiary/aromatic N) is 3. The van der Waals surface area contributed by atoms with Gasteiger partial charge in [-0.25, -0.2) is 0 Å². The van der Waals surface area contributed by atoms with Gasteiger partial charge in [0.25, 0.3) is 0 Å². The molecule has 1 aromatic heterocycles. The molecule has 0 amide bonds. The minimum absolute atomic E-state index is 0.696. The quantitative estimate of drug-likeness (QED) is 0.813. The number of rotatable bonds is 4. The Balaban J connectivity index is 1.80. The molecule has 3 heteroatoms. The lowest BCUT2D eigenvalue weighted by Crippen LogP contribution is -2.50. The van der Waals surface area contributed by atoms with E-state index in [2.05, 4.69) is 47.7 Å². The van der Waals surface area contributed by atoms with E-state index >= 15 is 0 Å². The number of hydrogen-bond acceptors (Lipinski definition) is 3. The van der Waals surface area contributed by atoms with Crippen molar-refractivity contribution in [2.24, 2.45) is 5.92 Å². The highest BCUT2D eigenvalue weighted by Gasteiger charge is 2.22. The predicted octanol–water partition coefficient (Wildman–Crippen LogP) is 2.24. The molecule has 0 radical (unpaired) electrons. The number of piperazine rings is 1. The van der Waals surface area contributed by atoms with E-state index in [1.165, 1.54) is 18.8 Å². The fourth-order valence-corrected chi connectivity index (χ4v) is 2.47. The van der Waals surface area contributed by atoms with Crippen molar-refractivity contribution in [3.63, 3.8) is 0 Å². The number of aromatic nitrogens is 1. The van der Waals surface area contributed by atoms with Crippen molar-refractivity contribution in [2.75, 3.05) is 26.2 Å². The van der Waals surface area contributed by atoms with Gasteiger partial charge < -0.3 is 0 Å². The summed E-state index contributed by atoms with van der Waals surface area (Å²) in [6.07, 6.45) is 1.88. The van der Waals surface area contributed by atoms with Crippen LogP contribution in [0.15, 0.2) is 24.4 Å². The molecule has 0 aliphatic carbocycles. The summed E-state index contributed by atoms with van der Waals surface area (Å²) in [5.41, 5.74) is 1.18. The van der Waals surface area contributed by atoms with Gasteiger partial charge in [-0.3, -0.25) is 14.8 Å². The maximum atomic E-state index is 4.40. The van der Waals surface area contributed by atoms with Crippen LogP contribution in [0.2, 0.25) is 0 Å². The van der Waals surface area contributed by atoms with Crippen molar-refractivity contribution in [1.29, 1.82) is 0 Å². The maximum Gasteiger partial charge on any atom is 0.0543 e. The van der Waals surface area contributed by atoms with Crippen LogP contribution in [0.25, 0.3) is 0 Å². The highest BCUT2D eigenvalue weighted by Crippen LogP contribution is 2.14. The van der Waals surface area contributed by atoms with Crippen LogP contribution in [0.4, 0.5) is 0 Å². The summed E-state index contributed by atoms with van der Waals surface area (Å²) >= 11 is 0. The summed E-state index contributed by atoms with van der Waals surface area (Å²) in [5, 5.41) is 0. The largest absolute Gasteiger partial charge is 0.298 e. The molecule has 2 rings (SSSR count). The summed E-state index contributed by atoms with van der Waals surface area (Å²) in [7, 11) is 0. The minimum atomic E-state index is 0.696. The van der Waals surface area contributed by atoms with Gasteiger partial charge in [0.1, 0.15) is 0 Å². The van der Waals surface area contributed by atoms with Crippen molar-refractivity contribution in [3.8, 4) is 0 Å². The van der Waals surface area contributed by atoms with Gasteiger partial charge >= 0.3 is 0 Å². The third kappa shape index (κ3) is 3.53. The van der Waals surface area contributed by atoms with Crippen LogP contribution >= 0.6 is 0 Å². The average molecular weight is 247 g/mol. The molecule has 0 N–H and O–H groups in total. The first-order valence-electron chi connectivity index (χ1n) is 7.03. The smallest absolute Gasteiger partial charge is 0.0543 e. The van der Waals surface area contributed by atoms with Gasteiger partial charge in [-0.1, -0.05) is 19.9 Å². The van der Waals surface area contributed by atoms with Crippen molar-refractivity contribution in [3.05, 3.63) is 30.1 Å². The second-order valence-corrected chi connectivity index (χ2v) is 5.62. The SMILES string of the molecule is CC(C)C(C)N1CCN(Cc2ccccn2)CC1. The van der Waals surface area contributed by atoms with Gasteiger partial charge in [0, 0.05) is 45.0 Å². The first kappa shape index (κ1) is 13.5. The molecule has 0 spiro atoms. The van der Waals surface area contributed by atoms with Crippen LogP contribution in [0.5, 0.6) is 0 Å². The Morgan fingerprint density at radius 1 is 1.11 bits per heavy atom. The second kappa shape index (κ2) is 6.30. The molecule has 100 valence electrons. The van der Waals surface area contributed by atoms with Crippen molar-refractivity contribution < 1.29 is 0 Å². The Morgan fingerprint density at radius 3 is 2.39 bits per heavy atom. The van der Waals surface area contributed by atoms with Gasteiger partial charge in [-0.15, -0.1) is 0 Å². The fourth-order valence-electron chi connectivity index (χ4n) is 2.47. The maximum absolute atomic E-state index is 4.40. The fraction of sp³-hybridized carbons (Fsp3) is 0.667. The van der Waals surface area contributed by atoms with Gasteiger partial charge in [-0.2, -0.15) is 0 Å². The van der Waals surface area contributed by atoms with E-state index in [1.54, 1.807) is 0 Å². The standard InChI is InChI=1S/C15H25N3/c1-13(2)14(3)18-10-8-17(9-11-18)12-15-6-4-5-7-16-15/h4-7,13-14H,8-12H2,1-3H3. The molecule has 3 nitrogen and oxygen atoms in total. The Kier molecular flexibility index (Phi) is 4.72. The first-order valence-corrected chi connectivity index (χ1v) is 7.03. The molecule has 1 fully saturated rings. The van der Waals surface area contributed by atoms with E-state index in [9.17, 15) is 0 Å². The zero-order valence-corrected chi connectivity index (χ0v) is 11.8. The molecule has 1 aliphatic heterocycles. The average Bonchev–Trinajstić information content (AvgIpc) is 2.40. The highest BCUT2D eigenvalue weighted by atomic mass is 15.3. The summed E-state index contributed by atoms with van der Waals surface area (Å²) < 4.78 is 0. The van der Waals surface area contributed by atoms with Crippen LogP contribution in [0.3, 0.4) is 0 Å². The molecule has 1 atom stereocenters. The van der Waals surface area contributed by atoms with Crippen LogP contribution in [0.1, 0.15) is 26.5 Å². The van der Waals surface area contributed by atoms with E-state index in [0.29, 0.717) is 6.04 Å². The molecule has 1 unspecified atom stereocenters. The molecule has 0 bridgehead atoms. The Labute approximate surface area is 111 Å². The Bertz CT molecular complexity index is 342. The van der Waals surface area contributed by atoms with Crippen LogP contribution in [0, 0.1) is 5.92 Å². The first-order chi connectivity index (χ1) is 8.66. The Morgan fingerprint density at radius 2 is 1.83 bits per heavy atom. The lowest BCUT2D eigenvalue weighted by atomic mass is 10.0. The minimum Gasteiger partial charge on any atom is -0.298 e. The zero-order valence-electron chi connectivity index (χ0n) is 11.8. The van der Waals surface area contributed by atoms with Crippen molar-refractivity contribution in [1.82, 2.24) is 14.8 Å². The lowest BCUT2D eigenvalue weighted by molar-refractivity contribution is 0.0798. The molecule has 0 aromatic carbocycles. The zero-order chi connectivity index (χ0) is 13.0. The monoisotopic (exact) mass is 247 g/mol. The predicted molar refractivity (Wildman–Crippen MR) is 75.4 cm³/mol. The van der Waals surface area contributed by atoms with Crippen LogP contribution in [-0.2, 0) is 6.54 Å². The molecule has 18 heavy (non-hydrogen) atoms. The van der Waals surface area contributed by atoms with E-state index < -0.39 is 0 Å². The molecular formula is C15H25N3. The summed E-state index contributed by atoms with van der Waals surface area (Å²) in [5.74, 6) is 0.743. The van der Waals surface area contributed by atoms with E-state index in [0.717, 1.165) is 25.6 Å². The number of pyridine rings is 1. The topological polar surface area (TPSA) is 19.4 Å². The molecule has 0 saturated carbocycles. The molecular weight excluding hydrogens is 222 g/mol. The van der Waals surface area contributed by atoms with Gasteiger partial charge in [0.15, 0.2) is 0 Å². The second-order valence-electron chi connectivity index (χ2n) is 5.62. The molecule has 1 saturated heterocycles. The van der Waals surface area contributed by atoms with Gasteiger partial charge in [0.2, 0.25) is 0 Å². The molecule has 1 aliphatic rings. The Hall–Kier alpha value is -0.930. The van der Waals surface area contributed by atoms with Gasteiger partial charge in [-0.05, 0) is 25.0 Å². The third-order valence-electron chi connectivity index (χ3n) is 4.06. The summed E-state index contributed by atoms with van der Waals surface area (Å²) in [4.78, 5) is 9.52. The normalized spacial score (nSPS) is 20.2. The summed E-state index contributed by atoms with van der Waals surface area (Å²) in [6, 6.07) is 6.86. The van der Waals surface area contributed by atoms with E-state index in [-0.39, 0.29) is 0 Å². The highest BCUT2D eigenvalue weighted by molar-refractivity contribution is 5.03. The summed E-state index contributed by atoms with van der Waals surface area (Å²) in [6.45, 7) is 12.7. The van der Waals surface area contributed by atoms with Crippen LogP contribution < -0.4 is 0 Å². The van der Waals surface area contributed by atoms with E-state index in [1.807, 2.05) is 12.3 Å². The molecule has 2 heterocycles. The van der Waals surface area contributed by atoms with Crippen LogP contribution in [-0.4, -0.2) is 47.0 Å². The van der Waals surface area contributed by atoms with E-state index in [4.69, 9.17) is 0 Å². The number of hydrogen-bond donors (Lipinski definition) is 0.